The van der Waals surface area contributed by atoms with E-state index in [0.717, 1.165) is 28.8 Å². The molecule has 0 atom stereocenters. The van der Waals surface area contributed by atoms with Gasteiger partial charge in [0.1, 0.15) is 10.7 Å². The molecule has 0 unspecified atom stereocenters. The van der Waals surface area contributed by atoms with Gasteiger partial charge in [-0.2, -0.15) is 0 Å². The zero-order valence-corrected chi connectivity index (χ0v) is 17.9. The van der Waals surface area contributed by atoms with Crippen molar-refractivity contribution in [2.75, 3.05) is 13.2 Å². The summed E-state index contributed by atoms with van der Waals surface area (Å²) >= 11 is 1.52. The zero-order chi connectivity index (χ0) is 20.9. The number of benzene rings is 2. The van der Waals surface area contributed by atoms with Crippen molar-refractivity contribution < 1.29 is 9.47 Å². The van der Waals surface area contributed by atoms with E-state index in [0.29, 0.717) is 40.8 Å². The Morgan fingerprint density at radius 2 is 1.80 bits per heavy atom. The molecule has 0 saturated heterocycles. The van der Waals surface area contributed by atoms with E-state index in [1.807, 2.05) is 61.5 Å². The van der Waals surface area contributed by atoms with Crippen molar-refractivity contribution in [1.82, 2.24) is 9.97 Å². The van der Waals surface area contributed by atoms with Crippen molar-refractivity contribution in [2.24, 2.45) is 0 Å². The van der Waals surface area contributed by atoms with Gasteiger partial charge in [0.2, 0.25) is 0 Å². The Morgan fingerprint density at radius 1 is 0.967 bits per heavy atom. The van der Waals surface area contributed by atoms with Crippen LogP contribution in [0.5, 0.6) is 11.5 Å². The van der Waals surface area contributed by atoms with Crippen LogP contribution in [0.25, 0.3) is 32.0 Å². The maximum atomic E-state index is 12.7. The van der Waals surface area contributed by atoms with E-state index in [1.54, 1.807) is 0 Å². The fraction of sp³-hybridized carbons (Fsp3) is 0.250. The van der Waals surface area contributed by atoms with Crippen LogP contribution in [0.15, 0.2) is 59.4 Å². The lowest BCUT2D eigenvalue weighted by molar-refractivity contribution is 0.273. The second-order valence-corrected chi connectivity index (χ2v) is 7.94. The second-order valence-electron chi connectivity index (χ2n) is 6.91. The van der Waals surface area contributed by atoms with Crippen molar-refractivity contribution in [2.45, 2.75) is 26.7 Å². The maximum Gasteiger partial charge on any atom is 0.259 e. The van der Waals surface area contributed by atoms with Gasteiger partial charge in [0.05, 0.1) is 18.6 Å². The number of hydrogen-bond acceptors (Lipinski definition) is 5. The van der Waals surface area contributed by atoms with Gasteiger partial charge in [0.25, 0.3) is 5.56 Å². The average Bonchev–Trinajstić information content (AvgIpc) is 3.21. The van der Waals surface area contributed by atoms with E-state index in [1.165, 1.54) is 11.3 Å². The predicted molar refractivity (Wildman–Crippen MR) is 123 cm³/mol. The predicted octanol–water partition coefficient (Wildman–Crippen LogP) is 5.90. The molecule has 30 heavy (non-hydrogen) atoms. The summed E-state index contributed by atoms with van der Waals surface area (Å²) < 4.78 is 11.6. The lowest BCUT2D eigenvalue weighted by Crippen LogP contribution is -2.08. The van der Waals surface area contributed by atoms with Gasteiger partial charge >= 0.3 is 0 Å². The van der Waals surface area contributed by atoms with Crippen molar-refractivity contribution in [1.29, 1.82) is 0 Å². The Bertz CT molecular complexity index is 1200. The summed E-state index contributed by atoms with van der Waals surface area (Å²) in [6.45, 7) is 5.24. The highest BCUT2D eigenvalue weighted by Crippen LogP contribution is 2.34. The lowest BCUT2D eigenvalue weighted by Gasteiger charge is -2.13. The molecule has 2 heterocycles. The Kier molecular flexibility index (Phi) is 6.14. The first-order valence-electron chi connectivity index (χ1n) is 10.2. The van der Waals surface area contributed by atoms with Gasteiger partial charge in [-0.15, -0.1) is 11.3 Å². The molecular formula is C24H24N2O3S. The summed E-state index contributed by atoms with van der Waals surface area (Å²) in [5.41, 5.74) is 1.72. The Hall–Kier alpha value is -3.12. The zero-order valence-electron chi connectivity index (χ0n) is 17.1. The van der Waals surface area contributed by atoms with E-state index < -0.39 is 0 Å². The highest BCUT2D eigenvalue weighted by Gasteiger charge is 2.13. The van der Waals surface area contributed by atoms with Crippen molar-refractivity contribution in [3.63, 3.8) is 0 Å². The first-order chi connectivity index (χ1) is 14.7. The standard InChI is InChI=1S/C24H24N2O3S/c1-3-5-13-29-19-12-11-17(14-20(19)28-4-2)22-25-23(27)18-15-21(30-24(18)26-22)16-9-7-6-8-10-16/h6-12,14-15H,3-5,13H2,1-2H3,(H,25,26,27). The number of rotatable bonds is 8. The molecule has 0 bridgehead atoms. The molecule has 5 nitrogen and oxygen atoms in total. The topological polar surface area (TPSA) is 64.2 Å². The van der Waals surface area contributed by atoms with Crippen LogP contribution in [0.4, 0.5) is 0 Å². The van der Waals surface area contributed by atoms with Crippen LogP contribution in [0, 0.1) is 0 Å². The maximum absolute atomic E-state index is 12.7. The first-order valence-corrected chi connectivity index (χ1v) is 11.0. The summed E-state index contributed by atoms with van der Waals surface area (Å²) in [6.07, 6.45) is 2.06. The van der Waals surface area contributed by atoms with E-state index in [2.05, 4.69) is 11.9 Å². The Morgan fingerprint density at radius 3 is 2.57 bits per heavy atom. The second kappa shape index (κ2) is 9.13. The van der Waals surface area contributed by atoms with Crippen molar-refractivity contribution >= 4 is 21.6 Å². The van der Waals surface area contributed by atoms with Gasteiger partial charge in [-0.3, -0.25) is 4.79 Å². The minimum Gasteiger partial charge on any atom is -0.490 e. The molecule has 6 heteroatoms. The Labute approximate surface area is 179 Å². The molecule has 154 valence electrons. The van der Waals surface area contributed by atoms with E-state index in [-0.39, 0.29) is 5.56 Å². The van der Waals surface area contributed by atoms with Crippen LogP contribution in [-0.2, 0) is 0 Å². The molecule has 4 aromatic rings. The van der Waals surface area contributed by atoms with Gasteiger partial charge in [-0.05, 0) is 43.2 Å². The summed E-state index contributed by atoms with van der Waals surface area (Å²) in [5.74, 6) is 1.89. The van der Waals surface area contributed by atoms with Crippen LogP contribution < -0.4 is 15.0 Å². The third kappa shape index (κ3) is 4.24. The molecule has 0 radical (unpaired) electrons. The molecule has 2 aromatic heterocycles. The van der Waals surface area contributed by atoms with E-state index >= 15 is 0 Å². The number of unbranched alkanes of at least 4 members (excludes halogenated alkanes) is 1. The fourth-order valence-corrected chi connectivity index (χ4v) is 4.22. The number of aromatic nitrogens is 2. The lowest BCUT2D eigenvalue weighted by atomic mass is 10.1. The number of nitrogens with one attached hydrogen (secondary N) is 1. The van der Waals surface area contributed by atoms with Crippen molar-refractivity contribution in [3.8, 4) is 33.3 Å². The first kappa shape index (κ1) is 20.2. The summed E-state index contributed by atoms with van der Waals surface area (Å²) in [6, 6.07) is 17.6. The molecule has 0 aliphatic carbocycles. The molecule has 1 N–H and O–H groups in total. The van der Waals surface area contributed by atoms with E-state index in [9.17, 15) is 4.79 Å². The van der Waals surface area contributed by atoms with Gasteiger partial charge in [-0.25, -0.2) is 4.98 Å². The fourth-order valence-electron chi connectivity index (χ4n) is 3.18. The molecule has 0 fully saturated rings. The van der Waals surface area contributed by atoms with Gasteiger partial charge < -0.3 is 14.5 Å². The molecule has 0 amide bonds. The van der Waals surface area contributed by atoms with Gasteiger partial charge in [0, 0.05) is 10.4 Å². The number of aromatic amines is 1. The molecule has 0 saturated carbocycles. The number of hydrogen-bond donors (Lipinski definition) is 1. The molecule has 0 aliphatic rings. The highest BCUT2D eigenvalue weighted by molar-refractivity contribution is 7.21. The smallest absolute Gasteiger partial charge is 0.259 e. The van der Waals surface area contributed by atoms with Crippen LogP contribution in [-0.4, -0.2) is 23.2 Å². The molecule has 2 aromatic carbocycles. The van der Waals surface area contributed by atoms with Crippen LogP contribution in [0.2, 0.25) is 0 Å². The molecule has 0 aliphatic heterocycles. The number of ether oxygens (including phenoxy) is 2. The minimum atomic E-state index is -0.144. The minimum absolute atomic E-state index is 0.144. The third-order valence-corrected chi connectivity index (χ3v) is 5.81. The number of nitrogens with zero attached hydrogens (tertiary/aromatic N) is 1. The molecule has 4 rings (SSSR count). The Balaban J connectivity index is 1.72. The summed E-state index contributed by atoms with van der Waals surface area (Å²) in [7, 11) is 0. The van der Waals surface area contributed by atoms with Gasteiger partial charge in [0.15, 0.2) is 11.5 Å². The SMILES string of the molecule is CCCCOc1ccc(-c2nc3sc(-c4ccccc4)cc3c(=O)[nH]2)cc1OCC. The highest BCUT2D eigenvalue weighted by atomic mass is 32.1. The van der Waals surface area contributed by atoms with Crippen LogP contribution in [0.3, 0.4) is 0 Å². The number of thiophene rings is 1. The monoisotopic (exact) mass is 420 g/mol. The summed E-state index contributed by atoms with van der Waals surface area (Å²) in [5, 5.41) is 0.604. The quantitative estimate of drug-likeness (QED) is 0.361. The average molecular weight is 421 g/mol. The number of fused-ring (bicyclic) bond motifs is 1. The van der Waals surface area contributed by atoms with Crippen molar-refractivity contribution in [3.05, 3.63) is 65.0 Å². The largest absolute Gasteiger partial charge is 0.490 e. The van der Waals surface area contributed by atoms with E-state index in [4.69, 9.17) is 14.5 Å². The van der Waals surface area contributed by atoms with Gasteiger partial charge in [-0.1, -0.05) is 43.7 Å². The molecule has 0 spiro atoms. The third-order valence-electron chi connectivity index (χ3n) is 4.73. The normalized spacial score (nSPS) is 11.0. The summed E-state index contributed by atoms with van der Waals surface area (Å²) in [4.78, 5) is 22.1. The van der Waals surface area contributed by atoms with Crippen LogP contribution >= 0.6 is 11.3 Å². The molecular weight excluding hydrogens is 396 g/mol. The number of H-pyrrole nitrogens is 1. The van der Waals surface area contributed by atoms with Crippen LogP contribution in [0.1, 0.15) is 26.7 Å².